The number of aromatic nitrogens is 2. The van der Waals surface area contributed by atoms with Crippen LogP contribution < -0.4 is 0 Å². The van der Waals surface area contributed by atoms with Gasteiger partial charge >= 0.3 is 0 Å². The molecule has 5 heteroatoms. The van der Waals surface area contributed by atoms with Crippen LogP contribution in [-0.4, -0.2) is 34.6 Å². The smallest absolute Gasteiger partial charge is 0.127 e. The van der Waals surface area contributed by atoms with Crippen LogP contribution in [0.25, 0.3) is 11.0 Å². The normalized spacial score (nSPS) is 15.1. The standard InChI is InChI=1S/C14H19ClFN3/c1-9(18(3)4)8-19-13-6-5-11(16)7-12(13)17-14(19)10(2)15/h5-7,9-10H,8H2,1-4H3. The van der Waals surface area contributed by atoms with Crippen molar-refractivity contribution in [1.29, 1.82) is 0 Å². The minimum absolute atomic E-state index is 0.204. The number of fused-ring (bicyclic) bond motifs is 1. The number of hydrogen-bond acceptors (Lipinski definition) is 2. The monoisotopic (exact) mass is 283 g/mol. The van der Waals surface area contributed by atoms with Gasteiger partial charge in [0.15, 0.2) is 0 Å². The quantitative estimate of drug-likeness (QED) is 0.802. The molecule has 0 spiro atoms. The van der Waals surface area contributed by atoms with Crippen LogP contribution in [-0.2, 0) is 6.54 Å². The molecule has 0 N–H and O–H groups in total. The Morgan fingerprint density at radius 1 is 1.37 bits per heavy atom. The third-order valence-electron chi connectivity index (χ3n) is 3.42. The van der Waals surface area contributed by atoms with Crippen LogP contribution >= 0.6 is 11.6 Å². The van der Waals surface area contributed by atoms with Crippen molar-refractivity contribution in [2.75, 3.05) is 14.1 Å². The van der Waals surface area contributed by atoms with Crippen molar-refractivity contribution < 1.29 is 4.39 Å². The maximum atomic E-state index is 13.3. The van der Waals surface area contributed by atoms with Gasteiger partial charge in [0.05, 0.1) is 16.4 Å². The third kappa shape index (κ3) is 2.90. The lowest BCUT2D eigenvalue weighted by molar-refractivity contribution is 0.284. The zero-order chi connectivity index (χ0) is 14.2. The molecule has 0 aliphatic rings. The maximum Gasteiger partial charge on any atom is 0.127 e. The lowest BCUT2D eigenvalue weighted by Gasteiger charge is -2.22. The maximum absolute atomic E-state index is 13.3. The Bertz CT molecular complexity index is 577. The minimum atomic E-state index is -0.272. The van der Waals surface area contributed by atoms with E-state index in [1.807, 2.05) is 21.0 Å². The zero-order valence-electron chi connectivity index (χ0n) is 11.7. The molecule has 0 saturated carbocycles. The second-order valence-electron chi connectivity index (χ2n) is 5.14. The Hall–Kier alpha value is -1.13. The van der Waals surface area contributed by atoms with Crippen LogP contribution in [0.5, 0.6) is 0 Å². The molecule has 0 aliphatic heterocycles. The highest BCUT2D eigenvalue weighted by Crippen LogP contribution is 2.25. The molecule has 1 aromatic carbocycles. The Morgan fingerprint density at radius 2 is 2.05 bits per heavy atom. The van der Waals surface area contributed by atoms with Crippen molar-refractivity contribution in [1.82, 2.24) is 14.5 Å². The van der Waals surface area contributed by atoms with Gasteiger partial charge in [-0.25, -0.2) is 9.37 Å². The molecular weight excluding hydrogens is 265 g/mol. The Balaban J connectivity index is 2.52. The fraction of sp³-hybridized carbons (Fsp3) is 0.500. The van der Waals surface area contributed by atoms with E-state index in [9.17, 15) is 4.39 Å². The van der Waals surface area contributed by atoms with Crippen molar-refractivity contribution in [3.63, 3.8) is 0 Å². The van der Waals surface area contributed by atoms with E-state index in [2.05, 4.69) is 21.4 Å². The summed E-state index contributed by atoms with van der Waals surface area (Å²) in [6.07, 6.45) is 0. The Morgan fingerprint density at radius 3 is 2.63 bits per heavy atom. The summed E-state index contributed by atoms with van der Waals surface area (Å²) >= 11 is 6.19. The van der Waals surface area contributed by atoms with Gasteiger partial charge in [0.2, 0.25) is 0 Å². The van der Waals surface area contributed by atoms with Crippen molar-refractivity contribution in [3.8, 4) is 0 Å². The number of alkyl halides is 1. The van der Waals surface area contributed by atoms with Gasteiger partial charge in [-0.3, -0.25) is 0 Å². The van der Waals surface area contributed by atoms with E-state index in [0.29, 0.717) is 11.6 Å². The van der Waals surface area contributed by atoms with Crippen LogP contribution in [0, 0.1) is 5.82 Å². The number of nitrogens with zero attached hydrogens (tertiary/aromatic N) is 3. The summed E-state index contributed by atoms with van der Waals surface area (Å²) < 4.78 is 15.4. The molecule has 2 unspecified atom stereocenters. The minimum Gasteiger partial charge on any atom is -0.325 e. The lowest BCUT2D eigenvalue weighted by atomic mass is 10.2. The Kier molecular flexibility index (Phi) is 4.11. The average Bonchev–Trinajstić information content (AvgIpc) is 2.67. The Labute approximate surface area is 118 Å². The van der Waals surface area contributed by atoms with E-state index in [4.69, 9.17) is 11.6 Å². The van der Waals surface area contributed by atoms with E-state index < -0.39 is 0 Å². The van der Waals surface area contributed by atoms with Crippen LogP contribution in [0.1, 0.15) is 25.0 Å². The number of benzene rings is 1. The van der Waals surface area contributed by atoms with Gasteiger partial charge < -0.3 is 9.47 Å². The topological polar surface area (TPSA) is 21.1 Å². The highest BCUT2D eigenvalue weighted by Gasteiger charge is 2.17. The second-order valence-corrected chi connectivity index (χ2v) is 5.80. The van der Waals surface area contributed by atoms with E-state index in [0.717, 1.165) is 17.9 Å². The molecule has 2 atom stereocenters. The fourth-order valence-electron chi connectivity index (χ4n) is 2.04. The van der Waals surface area contributed by atoms with Crippen molar-refractivity contribution >= 4 is 22.6 Å². The molecule has 0 amide bonds. The number of hydrogen-bond donors (Lipinski definition) is 0. The van der Waals surface area contributed by atoms with Gasteiger partial charge in [0, 0.05) is 18.7 Å². The zero-order valence-corrected chi connectivity index (χ0v) is 12.4. The van der Waals surface area contributed by atoms with Crippen LogP contribution in [0.2, 0.25) is 0 Å². The molecule has 0 bridgehead atoms. The molecule has 0 fully saturated rings. The van der Waals surface area contributed by atoms with Gasteiger partial charge in [0.1, 0.15) is 11.6 Å². The first-order valence-electron chi connectivity index (χ1n) is 6.36. The number of likely N-dealkylation sites (N-methyl/N-ethyl adjacent to an activating group) is 1. The highest BCUT2D eigenvalue weighted by molar-refractivity contribution is 6.20. The summed E-state index contributed by atoms with van der Waals surface area (Å²) in [4.78, 5) is 6.59. The molecule has 0 aliphatic carbocycles. The molecule has 1 heterocycles. The summed E-state index contributed by atoms with van der Waals surface area (Å²) in [5.41, 5.74) is 1.59. The largest absolute Gasteiger partial charge is 0.325 e. The first kappa shape index (κ1) is 14.3. The number of halogens is 2. The van der Waals surface area contributed by atoms with E-state index in [-0.39, 0.29) is 11.2 Å². The van der Waals surface area contributed by atoms with Crippen LogP contribution in [0.3, 0.4) is 0 Å². The molecule has 104 valence electrons. The number of rotatable bonds is 4. The highest BCUT2D eigenvalue weighted by atomic mass is 35.5. The first-order valence-corrected chi connectivity index (χ1v) is 6.80. The van der Waals surface area contributed by atoms with Gasteiger partial charge in [-0.1, -0.05) is 0 Å². The van der Waals surface area contributed by atoms with E-state index in [1.54, 1.807) is 6.07 Å². The van der Waals surface area contributed by atoms with Gasteiger partial charge in [-0.2, -0.15) is 0 Å². The van der Waals surface area contributed by atoms with Crippen LogP contribution in [0.15, 0.2) is 18.2 Å². The van der Waals surface area contributed by atoms with Crippen molar-refractivity contribution in [2.45, 2.75) is 31.8 Å². The fourth-order valence-corrected chi connectivity index (χ4v) is 2.21. The first-order chi connectivity index (χ1) is 8.90. The second kappa shape index (κ2) is 5.47. The van der Waals surface area contributed by atoms with Crippen LogP contribution in [0.4, 0.5) is 4.39 Å². The third-order valence-corrected chi connectivity index (χ3v) is 3.62. The molecule has 3 nitrogen and oxygen atoms in total. The number of imidazole rings is 1. The molecule has 0 radical (unpaired) electrons. The summed E-state index contributed by atoms with van der Waals surface area (Å²) in [7, 11) is 4.07. The predicted molar refractivity (Wildman–Crippen MR) is 77.1 cm³/mol. The SMILES string of the molecule is CC(Cl)c1nc2cc(F)ccc2n1CC(C)N(C)C. The molecular formula is C14H19ClFN3. The van der Waals surface area contributed by atoms with Gasteiger partial charge in [-0.15, -0.1) is 11.6 Å². The molecule has 2 rings (SSSR count). The molecule has 0 saturated heterocycles. The predicted octanol–water partition coefficient (Wildman–Crippen LogP) is 3.43. The summed E-state index contributed by atoms with van der Waals surface area (Å²) in [5, 5.41) is -0.204. The molecule has 2 aromatic rings. The van der Waals surface area contributed by atoms with E-state index in [1.165, 1.54) is 12.1 Å². The summed E-state index contributed by atoms with van der Waals surface area (Å²) in [6.45, 7) is 4.80. The molecule has 19 heavy (non-hydrogen) atoms. The van der Waals surface area contributed by atoms with Crippen molar-refractivity contribution in [3.05, 3.63) is 29.8 Å². The summed E-state index contributed by atoms with van der Waals surface area (Å²) in [5.74, 6) is 0.516. The van der Waals surface area contributed by atoms with Gasteiger partial charge in [0.25, 0.3) is 0 Å². The summed E-state index contributed by atoms with van der Waals surface area (Å²) in [6, 6.07) is 5.03. The molecule has 1 aromatic heterocycles. The van der Waals surface area contributed by atoms with E-state index >= 15 is 0 Å². The average molecular weight is 284 g/mol. The lowest BCUT2D eigenvalue weighted by Crippen LogP contribution is -2.29. The van der Waals surface area contributed by atoms with Crippen molar-refractivity contribution in [2.24, 2.45) is 0 Å². The van der Waals surface area contributed by atoms with Gasteiger partial charge in [-0.05, 0) is 40.1 Å².